The standard InChI is InChI=1S/C15H14BrNO2/c1-2-8-6-7-10-12(15(18)19)9-4-3-5-11(16)14(9)17-13(8)10/h3-5,8H,2,6-7H2,1H3,(H,18,19). The zero-order chi connectivity index (χ0) is 13.6. The predicted molar refractivity (Wildman–Crippen MR) is 77.8 cm³/mol. The second kappa shape index (κ2) is 4.60. The molecule has 1 unspecified atom stereocenters. The largest absolute Gasteiger partial charge is 0.478 e. The molecule has 3 nitrogen and oxygen atoms in total. The van der Waals surface area contributed by atoms with E-state index in [2.05, 4.69) is 22.9 Å². The quantitative estimate of drug-likeness (QED) is 0.905. The number of aromatic carboxylic acids is 1. The van der Waals surface area contributed by atoms with E-state index in [1.165, 1.54) is 0 Å². The van der Waals surface area contributed by atoms with Gasteiger partial charge in [0.25, 0.3) is 0 Å². The maximum Gasteiger partial charge on any atom is 0.336 e. The van der Waals surface area contributed by atoms with Crippen LogP contribution in [-0.4, -0.2) is 16.1 Å². The van der Waals surface area contributed by atoms with Crippen molar-refractivity contribution in [3.05, 3.63) is 39.5 Å². The molecule has 0 radical (unpaired) electrons. The van der Waals surface area contributed by atoms with Gasteiger partial charge < -0.3 is 5.11 Å². The average molecular weight is 320 g/mol. The van der Waals surface area contributed by atoms with Gasteiger partial charge in [0, 0.05) is 21.5 Å². The fourth-order valence-electron chi connectivity index (χ4n) is 3.00. The smallest absolute Gasteiger partial charge is 0.336 e. The molecule has 1 N–H and O–H groups in total. The predicted octanol–water partition coefficient (Wildman–Crippen LogP) is 4.14. The summed E-state index contributed by atoms with van der Waals surface area (Å²) in [4.78, 5) is 16.4. The Balaban J connectivity index is 2.42. The van der Waals surface area contributed by atoms with Crippen molar-refractivity contribution in [1.82, 2.24) is 4.98 Å². The lowest BCUT2D eigenvalue weighted by Crippen LogP contribution is -2.06. The molecule has 2 aromatic rings. The van der Waals surface area contributed by atoms with E-state index in [-0.39, 0.29) is 0 Å². The van der Waals surface area contributed by atoms with E-state index in [9.17, 15) is 9.90 Å². The van der Waals surface area contributed by atoms with Gasteiger partial charge in [-0.05, 0) is 46.8 Å². The third kappa shape index (κ3) is 1.86. The number of nitrogens with zero attached hydrogens (tertiary/aromatic N) is 1. The number of hydrogen-bond acceptors (Lipinski definition) is 2. The van der Waals surface area contributed by atoms with Crippen LogP contribution in [0.15, 0.2) is 22.7 Å². The van der Waals surface area contributed by atoms with Crippen molar-refractivity contribution in [3.63, 3.8) is 0 Å². The Bertz CT molecular complexity index is 681. The van der Waals surface area contributed by atoms with Crippen LogP contribution >= 0.6 is 15.9 Å². The van der Waals surface area contributed by atoms with Crippen molar-refractivity contribution >= 4 is 32.8 Å². The zero-order valence-corrected chi connectivity index (χ0v) is 12.2. The Morgan fingerprint density at radius 1 is 1.53 bits per heavy atom. The molecule has 1 aliphatic carbocycles. The molecule has 4 heteroatoms. The number of benzene rings is 1. The first-order chi connectivity index (χ1) is 9.13. The van der Waals surface area contributed by atoms with Crippen LogP contribution in [0.25, 0.3) is 10.9 Å². The molecule has 0 fully saturated rings. The maximum absolute atomic E-state index is 11.6. The summed E-state index contributed by atoms with van der Waals surface area (Å²) in [5.41, 5.74) is 3.13. The van der Waals surface area contributed by atoms with Gasteiger partial charge in [-0.2, -0.15) is 0 Å². The monoisotopic (exact) mass is 319 g/mol. The van der Waals surface area contributed by atoms with E-state index < -0.39 is 5.97 Å². The molecule has 3 rings (SSSR count). The van der Waals surface area contributed by atoms with E-state index in [4.69, 9.17) is 4.98 Å². The van der Waals surface area contributed by atoms with Gasteiger partial charge in [0.2, 0.25) is 0 Å². The number of carboxylic acid groups (broad SMARTS) is 1. The Morgan fingerprint density at radius 3 is 3.00 bits per heavy atom. The minimum atomic E-state index is -0.849. The lowest BCUT2D eigenvalue weighted by atomic mass is 9.99. The minimum Gasteiger partial charge on any atom is -0.478 e. The second-order valence-electron chi connectivity index (χ2n) is 4.94. The molecule has 0 bridgehead atoms. The molecule has 19 heavy (non-hydrogen) atoms. The van der Waals surface area contributed by atoms with Gasteiger partial charge in [0.05, 0.1) is 11.1 Å². The van der Waals surface area contributed by atoms with Crippen molar-refractivity contribution < 1.29 is 9.90 Å². The van der Waals surface area contributed by atoms with Gasteiger partial charge in [-0.1, -0.05) is 19.1 Å². The SMILES string of the molecule is CCC1CCc2c1nc1c(Br)cccc1c2C(=O)O. The van der Waals surface area contributed by atoms with E-state index in [1.807, 2.05) is 18.2 Å². The van der Waals surface area contributed by atoms with Crippen molar-refractivity contribution in [3.8, 4) is 0 Å². The molecule has 1 aliphatic rings. The van der Waals surface area contributed by atoms with E-state index in [1.54, 1.807) is 0 Å². The number of halogens is 1. The highest BCUT2D eigenvalue weighted by atomic mass is 79.9. The summed E-state index contributed by atoms with van der Waals surface area (Å²) in [5.74, 6) is -0.455. The number of fused-ring (bicyclic) bond motifs is 2. The normalized spacial score (nSPS) is 17.7. The first-order valence-electron chi connectivity index (χ1n) is 6.47. The van der Waals surface area contributed by atoms with Gasteiger partial charge in [-0.3, -0.25) is 4.98 Å². The molecule has 98 valence electrons. The average Bonchev–Trinajstić information content (AvgIpc) is 2.79. The Hall–Kier alpha value is -1.42. The van der Waals surface area contributed by atoms with Crippen LogP contribution in [0.3, 0.4) is 0 Å². The van der Waals surface area contributed by atoms with Gasteiger partial charge in [0.1, 0.15) is 0 Å². The van der Waals surface area contributed by atoms with Gasteiger partial charge >= 0.3 is 5.97 Å². The van der Waals surface area contributed by atoms with E-state index in [0.29, 0.717) is 11.5 Å². The fraction of sp³-hybridized carbons (Fsp3) is 0.333. The van der Waals surface area contributed by atoms with Crippen LogP contribution in [0, 0.1) is 0 Å². The fourth-order valence-corrected chi connectivity index (χ4v) is 3.45. The van der Waals surface area contributed by atoms with Crippen molar-refractivity contribution in [2.75, 3.05) is 0 Å². The van der Waals surface area contributed by atoms with Crippen LogP contribution in [-0.2, 0) is 6.42 Å². The number of carboxylic acids is 1. The van der Waals surface area contributed by atoms with E-state index >= 15 is 0 Å². The number of hydrogen-bond donors (Lipinski definition) is 1. The van der Waals surface area contributed by atoms with Crippen molar-refractivity contribution in [2.24, 2.45) is 0 Å². The highest BCUT2D eigenvalue weighted by Gasteiger charge is 2.29. The number of aromatic nitrogens is 1. The van der Waals surface area contributed by atoms with Crippen LogP contribution in [0.5, 0.6) is 0 Å². The van der Waals surface area contributed by atoms with Crippen LogP contribution in [0.2, 0.25) is 0 Å². The molecule has 1 atom stereocenters. The summed E-state index contributed by atoms with van der Waals surface area (Å²) in [5, 5.41) is 10.3. The van der Waals surface area contributed by atoms with Gasteiger partial charge in [-0.15, -0.1) is 0 Å². The van der Waals surface area contributed by atoms with Crippen molar-refractivity contribution in [1.29, 1.82) is 0 Å². The summed E-state index contributed by atoms with van der Waals surface area (Å²) in [6.45, 7) is 2.13. The zero-order valence-electron chi connectivity index (χ0n) is 10.6. The number of para-hydroxylation sites is 1. The number of carbonyl (C=O) groups is 1. The molecule has 0 aliphatic heterocycles. The van der Waals surface area contributed by atoms with Crippen LogP contribution in [0.4, 0.5) is 0 Å². The highest BCUT2D eigenvalue weighted by Crippen LogP contribution is 2.39. The lowest BCUT2D eigenvalue weighted by Gasteiger charge is -2.12. The molecule has 0 amide bonds. The molecule has 1 heterocycles. The van der Waals surface area contributed by atoms with Gasteiger partial charge in [-0.25, -0.2) is 4.79 Å². The number of pyridine rings is 1. The Labute approximate surface area is 119 Å². The summed E-state index contributed by atoms with van der Waals surface area (Å²) in [6, 6.07) is 5.61. The third-order valence-corrected chi connectivity index (χ3v) is 4.58. The molecular formula is C15H14BrNO2. The summed E-state index contributed by atoms with van der Waals surface area (Å²) in [6.07, 6.45) is 2.84. The van der Waals surface area contributed by atoms with Gasteiger partial charge in [0.15, 0.2) is 0 Å². The maximum atomic E-state index is 11.6. The first kappa shape index (κ1) is 12.6. The lowest BCUT2D eigenvalue weighted by molar-refractivity contribution is 0.0698. The minimum absolute atomic E-state index is 0.393. The topological polar surface area (TPSA) is 50.2 Å². The summed E-state index contributed by atoms with van der Waals surface area (Å²) < 4.78 is 0.858. The van der Waals surface area contributed by atoms with E-state index in [0.717, 1.165) is 45.9 Å². The first-order valence-corrected chi connectivity index (χ1v) is 7.27. The number of rotatable bonds is 2. The molecule has 0 spiro atoms. The van der Waals surface area contributed by atoms with Crippen molar-refractivity contribution in [2.45, 2.75) is 32.1 Å². The molecule has 1 aromatic carbocycles. The molecule has 1 aromatic heterocycles. The van der Waals surface area contributed by atoms with Crippen LogP contribution < -0.4 is 0 Å². The summed E-state index contributed by atoms with van der Waals surface area (Å²) in [7, 11) is 0. The second-order valence-corrected chi connectivity index (χ2v) is 5.79. The third-order valence-electron chi connectivity index (χ3n) is 3.94. The molecule has 0 saturated carbocycles. The molecular weight excluding hydrogens is 306 g/mol. The summed E-state index contributed by atoms with van der Waals surface area (Å²) >= 11 is 3.47. The highest BCUT2D eigenvalue weighted by molar-refractivity contribution is 9.10. The molecule has 0 saturated heterocycles. The Kier molecular flexibility index (Phi) is 3.05. The van der Waals surface area contributed by atoms with Crippen LogP contribution in [0.1, 0.15) is 47.3 Å². The Morgan fingerprint density at radius 2 is 2.32 bits per heavy atom.